The van der Waals surface area contributed by atoms with Gasteiger partial charge in [0.15, 0.2) is 16.8 Å². The van der Waals surface area contributed by atoms with Crippen LogP contribution in [-0.2, 0) is 29.3 Å². The Kier molecular flexibility index (Phi) is 13.1. The van der Waals surface area contributed by atoms with E-state index in [2.05, 4.69) is 35.5 Å². The minimum absolute atomic E-state index is 0.490. The Morgan fingerprint density at radius 1 is 0.395 bits per heavy atom. The van der Waals surface area contributed by atoms with Crippen molar-refractivity contribution in [3.8, 4) is 35.5 Å². The second kappa shape index (κ2) is 13.6. The molecule has 0 aromatic carbocycles. The molecule has 0 rings (SSSR count). The minimum Gasteiger partial charge on any atom is -0.357 e. The van der Waals surface area contributed by atoms with Gasteiger partial charge in [0, 0.05) is 0 Å². The predicted octanol–water partition coefficient (Wildman–Crippen LogP) is 6.47. The molecule has 0 aliphatic rings. The van der Waals surface area contributed by atoms with E-state index in [0.29, 0.717) is 0 Å². The van der Waals surface area contributed by atoms with E-state index in [1.165, 1.54) is 0 Å². The van der Waals surface area contributed by atoms with Crippen LogP contribution in [0.15, 0.2) is 0 Å². The fourth-order valence-corrected chi connectivity index (χ4v) is 1.71. The molecule has 0 heterocycles. The van der Waals surface area contributed by atoms with Crippen LogP contribution in [0.4, 0.5) is 0 Å². The number of aliphatic hydroxyl groups is 1. The van der Waals surface area contributed by atoms with E-state index in [0.717, 1.165) is 19.3 Å². The predicted molar refractivity (Wildman–Crippen MR) is 150 cm³/mol. The highest BCUT2D eigenvalue weighted by molar-refractivity contribution is 5.44. The molecule has 0 amide bonds. The van der Waals surface area contributed by atoms with Gasteiger partial charge in [-0.3, -0.25) is 0 Å². The van der Waals surface area contributed by atoms with Crippen molar-refractivity contribution in [1.29, 1.82) is 0 Å². The molecule has 0 fully saturated rings. The summed E-state index contributed by atoms with van der Waals surface area (Å²) in [6.07, 6.45) is 2.24. The Balaban J connectivity index is 6.24. The van der Waals surface area contributed by atoms with Crippen LogP contribution in [0.3, 0.4) is 0 Å². The molecule has 0 atom stereocenters. The van der Waals surface area contributed by atoms with E-state index in [9.17, 15) is 5.11 Å². The third-order valence-electron chi connectivity index (χ3n) is 5.61. The lowest BCUT2D eigenvalue weighted by molar-refractivity contribution is -0.388. The summed E-state index contributed by atoms with van der Waals surface area (Å²) in [6, 6.07) is 0. The molecule has 0 unspecified atom stereocenters. The zero-order valence-corrected chi connectivity index (χ0v) is 26.5. The molecule has 7 heteroatoms. The normalized spacial score (nSPS) is 13.6. The van der Waals surface area contributed by atoms with Gasteiger partial charge >= 0.3 is 0 Å². The monoisotopic (exact) mass is 536 g/mol. The number of rotatable bonds is 12. The van der Waals surface area contributed by atoms with Gasteiger partial charge in [-0.2, -0.15) is 0 Å². The smallest absolute Gasteiger partial charge is 0.251 e. The van der Waals surface area contributed by atoms with E-state index in [1.54, 1.807) is 41.5 Å². The zero-order valence-electron chi connectivity index (χ0n) is 26.5. The maximum absolute atomic E-state index is 11.4. The van der Waals surface area contributed by atoms with Gasteiger partial charge in [-0.15, -0.1) is 0 Å². The summed E-state index contributed by atoms with van der Waals surface area (Å²) in [5.74, 6) is 17.0. The first-order valence-corrected chi connectivity index (χ1v) is 13.4. The molecule has 0 radical (unpaired) electrons. The summed E-state index contributed by atoms with van der Waals surface area (Å²) in [4.78, 5) is 33.4. The molecule has 0 spiro atoms. The second-order valence-corrected chi connectivity index (χ2v) is 12.8. The van der Waals surface area contributed by atoms with Gasteiger partial charge in [0.2, 0.25) is 0 Å². The van der Waals surface area contributed by atoms with Gasteiger partial charge in [-0.25, -0.2) is 29.3 Å². The van der Waals surface area contributed by atoms with Crippen molar-refractivity contribution in [2.75, 3.05) is 0 Å². The van der Waals surface area contributed by atoms with E-state index in [4.69, 9.17) is 29.3 Å². The van der Waals surface area contributed by atoms with Gasteiger partial charge in [-0.05, 0) is 120 Å². The van der Waals surface area contributed by atoms with Crippen molar-refractivity contribution in [3.05, 3.63) is 0 Å². The molecule has 0 saturated heterocycles. The lowest BCUT2D eigenvalue weighted by Gasteiger charge is -2.27. The van der Waals surface area contributed by atoms with Crippen LogP contribution < -0.4 is 0 Å². The largest absolute Gasteiger partial charge is 0.357 e. The lowest BCUT2D eigenvalue weighted by Crippen LogP contribution is -2.34. The molecule has 38 heavy (non-hydrogen) atoms. The van der Waals surface area contributed by atoms with Gasteiger partial charge in [0.05, 0.1) is 16.8 Å². The van der Waals surface area contributed by atoms with E-state index in [1.807, 2.05) is 62.3 Å². The van der Waals surface area contributed by atoms with Gasteiger partial charge in [0.25, 0.3) is 5.60 Å². The van der Waals surface area contributed by atoms with Crippen molar-refractivity contribution >= 4 is 0 Å². The van der Waals surface area contributed by atoms with Crippen molar-refractivity contribution in [3.63, 3.8) is 0 Å². The fraction of sp³-hybridized carbons (Fsp3) is 0.806. The first-order valence-electron chi connectivity index (χ1n) is 13.4. The van der Waals surface area contributed by atoms with E-state index >= 15 is 0 Å². The van der Waals surface area contributed by atoms with Crippen LogP contribution in [-0.4, -0.2) is 44.3 Å². The highest BCUT2D eigenvalue weighted by atomic mass is 17.2. The third kappa shape index (κ3) is 15.7. The topological polar surface area (TPSA) is 75.6 Å². The molecule has 0 bridgehead atoms. The molecule has 7 nitrogen and oxygen atoms in total. The van der Waals surface area contributed by atoms with Crippen LogP contribution in [0.2, 0.25) is 0 Å². The van der Waals surface area contributed by atoms with Crippen LogP contribution in [0.25, 0.3) is 0 Å². The van der Waals surface area contributed by atoms with Crippen molar-refractivity contribution < 1.29 is 34.4 Å². The number of hydrogen-bond donors (Lipinski definition) is 1. The average Bonchev–Trinajstić information content (AvgIpc) is 2.82. The van der Waals surface area contributed by atoms with Crippen molar-refractivity contribution in [2.24, 2.45) is 0 Å². The summed E-state index contributed by atoms with van der Waals surface area (Å²) in [7, 11) is 0. The molecular weight excluding hydrogens is 484 g/mol. The SMILES string of the molecule is CCC(C)(C)OOC(C)(C)C#CC(O)(C#CC(C)(C)OOC(C)(C)CC)C#CC(C)(C)OOC(C)(C)CC. The standard InChI is InChI=1S/C31H52O7/c1-16-25(4,5)33-36-28(10,11)19-22-31(32,23-20-29(12,13)37-34-26(6,7)17-2)24-21-30(14,15)38-35-27(8,9)18-3/h32H,16-18H2,1-15H3. The first-order chi connectivity index (χ1) is 16.9. The van der Waals surface area contributed by atoms with Gasteiger partial charge in [0.1, 0.15) is 0 Å². The summed E-state index contributed by atoms with van der Waals surface area (Å²) in [5.41, 5.74) is -6.66. The van der Waals surface area contributed by atoms with Crippen LogP contribution >= 0.6 is 0 Å². The molecule has 0 aliphatic carbocycles. The summed E-state index contributed by atoms with van der Waals surface area (Å²) in [6.45, 7) is 27.9. The third-order valence-corrected chi connectivity index (χ3v) is 5.61. The van der Waals surface area contributed by atoms with E-state index in [-0.39, 0.29) is 0 Å². The lowest BCUT2D eigenvalue weighted by atomic mass is 10.00. The average molecular weight is 537 g/mol. The highest BCUT2D eigenvalue weighted by Gasteiger charge is 2.29. The van der Waals surface area contributed by atoms with Crippen LogP contribution in [0.1, 0.15) is 123 Å². The minimum atomic E-state index is -2.04. The summed E-state index contributed by atoms with van der Waals surface area (Å²) < 4.78 is 0. The Morgan fingerprint density at radius 2 is 0.605 bits per heavy atom. The van der Waals surface area contributed by atoms with Crippen molar-refractivity contribution in [2.45, 2.75) is 162 Å². The van der Waals surface area contributed by atoms with Crippen LogP contribution in [0, 0.1) is 35.5 Å². The summed E-state index contributed by atoms with van der Waals surface area (Å²) in [5, 5.41) is 11.4. The Hall–Kier alpha value is -1.60. The quantitative estimate of drug-likeness (QED) is 0.174. The van der Waals surface area contributed by atoms with Crippen LogP contribution in [0.5, 0.6) is 0 Å². The first kappa shape index (κ1) is 36.4. The maximum Gasteiger partial charge on any atom is 0.251 e. The zero-order chi connectivity index (χ0) is 30.1. The number of hydrogen-bond acceptors (Lipinski definition) is 7. The highest BCUT2D eigenvalue weighted by Crippen LogP contribution is 2.22. The van der Waals surface area contributed by atoms with Gasteiger partial charge in [-0.1, -0.05) is 38.5 Å². The molecule has 0 aromatic rings. The molecule has 218 valence electrons. The van der Waals surface area contributed by atoms with Crippen molar-refractivity contribution in [1.82, 2.24) is 0 Å². The van der Waals surface area contributed by atoms with E-state index < -0.39 is 39.2 Å². The molecule has 0 aromatic heterocycles. The molecule has 0 aliphatic heterocycles. The summed E-state index contributed by atoms with van der Waals surface area (Å²) >= 11 is 0. The van der Waals surface area contributed by atoms with Gasteiger partial charge < -0.3 is 5.11 Å². The maximum atomic E-state index is 11.4. The fourth-order valence-electron chi connectivity index (χ4n) is 1.71. The Labute approximate surface area is 232 Å². The molecule has 0 saturated carbocycles. The molecule has 1 N–H and O–H groups in total. The Morgan fingerprint density at radius 3 is 0.789 bits per heavy atom. The Bertz CT molecular complexity index is 816. The second-order valence-electron chi connectivity index (χ2n) is 12.8. The molecular formula is C31H52O7.